The lowest BCUT2D eigenvalue weighted by molar-refractivity contribution is 0.0122. The Morgan fingerprint density at radius 1 is 1.50 bits per heavy atom. The number of aromatic nitrogens is 2. The minimum absolute atomic E-state index is 0.420. The van der Waals surface area contributed by atoms with Crippen LogP contribution in [-0.2, 0) is 15.8 Å². The van der Waals surface area contributed by atoms with Gasteiger partial charge >= 0.3 is 0 Å². The minimum Gasteiger partial charge on any atom is -0.369 e. The second-order valence-electron chi connectivity index (χ2n) is 3.87. The molecule has 1 fully saturated rings. The third kappa shape index (κ3) is 2.45. The third-order valence-electron chi connectivity index (χ3n) is 2.58. The Morgan fingerprint density at radius 3 is 2.81 bits per heavy atom. The van der Waals surface area contributed by atoms with Crippen LogP contribution in [0.4, 0.5) is 0 Å². The number of rotatable bonds is 2. The van der Waals surface area contributed by atoms with Crippen molar-refractivity contribution in [3.8, 4) is 0 Å². The van der Waals surface area contributed by atoms with Gasteiger partial charge in [-0.15, -0.1) is 0 Å². The molecule has 0 saturated carbocycles. The molecule has 1 aliphatic rings. The zero-order valence-electron chi connectivity index (χ0n) is 9.00. The van der Waals surface area contributed by atoms with E-state index in [1.165, 1.54) is 0 Å². The zero-order valence-corrected chi connectivity index (χ0v) is 9.81. The van der Waals surface area contributed by atoms with Gasteiger partial charge in [-0.05, 0) is 25.3 Å². The summed E-state index contributed by atoms with van der Waals surface area (Å²) in [6.07, 6.45) is 4.40. The molecular formula is C10H14N2O3S. The summed E-state index contributed by atoms with van der Waals surface area (Å²) in [6, 6.07) is 0. The lowest BCUT2D eigenvalue weighted by Crippen LogP contribution is -2.32. The summed E-state index contributed by atoms with van der Waals surface area (Å²) in [5, 5.41) is -0.420. The van der Waals surface area contributed by atoms with Gasteiger partial charge in [0.05, 0.1) is 5.25 Å². The van der Waals surface area contributed by atoms with E-state index < -0.39 is 22.4 Å². The van der Waals surface area contributed by atoms with Gasteiger partial charge in [-0.1, -0.05) is 0 Å². The van der Waals surface area contributed by atoms with E-state index in [0.717, 1.165) is 12.0 Å². The Bertz CT molecular complexity index is 382. The van der Waals surface area contributed by atoms with Crippen LogP contribution in [0.15, 0.2) is 12.4 Å². The topological polar surface area (TPSA) is 72.3 Å². The molecule has 3 atom stereocenters. The largest absolute Gasteiger partial charge is 0.369 e. The zero-order chi connectivity index (χ0) is 11.5. The molecule has 1 unspecified atom stereocenters. The molecule has 2 rings (SSSR count). The molecule has 16 heavy (non-hydrogen) atoms. The van der Waals surface area contributed by atoms with E-state index in [9.17, 15) is 8.76 Å². The highest BCUT2D eigenvalue weighted by molar-refractivity contribution is 7.79. The molecule has 88 valence electrons. The minimum atomic E-state index is -1.89. The molecule has 1 aromatic heterocycles. The van der Waals surface area contributed by atoms with Gasteiger partial charge in [0.2, 0.25) is 0 Å². The van der Waals surface area contributed by atoms with E-state index in [4.69, 9.17) is 4.74 Å². The fraction of sp³-hybridized carbons (Fsp3) is 0.600. The molecule has 1 N–H and O–H groups in total. The summed E-state index contributed by atoms with van der Waals surface area (Å²) in [5.41, 5.74) is 0.959. The van der Waals surface area contributed by atoms with Crippen LogP contribution in [0.5, 0.6) is 0 Å². The third-order valence-corrected chi connectivity index (χ3v) is 3.58. The molecule has 0 bridgehead atoms. The highest BCUT2D eigenvalue weighted by atomic mass is 32.2. The van der Waals surface area contributed by atoms with Crippen LogP contribution in [0.1, 0.15) is 30.3 Å². The second kappa shape index (κ2) is 4.99. The van der Waals surface area contributed by atoms with E-state index in [1.54, 1.807) is 12.4 Å². The van der Waals surface area contributed by atoms with Gasteiger partial charge in [0, 0.05) is 19.0 Å². The molecule has 0 spiro atoms. The van der Waals surface area contributed by atoms with Crippen molar-refractivity contribution in [2.75, 3.05) is 6.61 Å². The second-order valence-corrected chi connectivity index (χ2v) is 5.02. The molecule has 0 aromatic carbocycles. The van der Waals surface area contributed by atoms with Gasteiger partial charge in [0.25, 0.3) is 0 Å². The Labute approximate surface area is 96.5 Å². The lowest BCUT2D eigenvalue weighted by Gasteiger charge is -2.27. The number of ether oxygens (including phenoxy) is 1. The van der Waals surface area contributed by atoms with Crippen molar-refractivity contribution >= 4 is 11.1 Å². The Morgan fingerprint density at radius 2 is 2.19 bits per heavy atom. The van der Waals surface area contributed by atoms with Gasteiger partial charge in [-0.2, -0.15) is 0 Å². The van der Waals surface area contributed by atoms with Crippen molar-refractivity contribution in [2.45, 2.75) is 31.1 Å². The van der Waals surface area contributed by atoms with Crippen molar-refractivity contribution in [2.24, 2.45) is 0 Å². The average molecular weight is 242 g/mol. The van der Waals surface area contributed by atoms with Gasteiger partial charge in [0.1, 0.15) is 6.10 Å². The maximum absolute atomic E-state index is 11.2. The predicted octanol–water partition coefficient (Wildman–Crippen LogP) is 1.23. The van der Waals surface area contributed by atoms with Crippen molar-refractivity contribution < 1.29 is 13.5 Å². The summed E-state index contributed by atoms with van der Waals surface area (Å²) < 4.78 is 25.9. The Balaban J connectivity index is 2.23. The van der Waals surface area contributed by atoms with Gasteiger partial charge in [-0.3, -0.25) is 0 Å². The Hall–Kier alpha value is -0.850. The van der Waals surface area contributed by atoms with Crippen molar-refractivity contribution in [1.82, 2.24) is 9.97 Å². The van der Waals surface area contributed by atoms with Crippen molar-refractivity contribution in [1.29, 1.82) is 0 Å². The quantitative estimate of drug-likeness (QED) is 0.790. The summed E-state index contributed by atoms with van der Waals surface area (Å²) in [4.78, 5) is 8.31. The Kier molecular flexibility index (Phi) is 3.63. The van der Waals surface area contributed by atoms with Crippen LogP contribution >= 0.6 is 0 Å². The molecule has 2 heterocycles. The maximum Gasteiger partial charge on any atom is 0.159 e. The summed E-state index contributed by atoms with van der Waals surface area (Å²) >= 11 is -1.89. The van der Waals surface area contributed by atoms with E-state index in [1.807, 2.05) is 6.92 Å². The van der Waals surface area contributed by atoms with Crippen LogP contribution in [0.3, 0.4) is 0 Å². The first-order chi connectivity index (χ1) is 7.68. The number of hydrogen-bond donors (Lipinski definition) is 1. The first kappa shape index (κ1) is 11.6. The SMILES string of the molecule is Cc1cnc([C@H]2OCCC[C@H]2S(=O)O)nc1. The van der Waals surface area contributed by atoms with Crippen molar-refractivity contribution in [3.63, 3.8) is 0 Å². The van der Waals surface area contributed by atoms with Gasteiger partial charge < -0.3 is 9.29 Å². The fourth-order valence-corrected chi connectivity index (χ4v) is 2.53. The standard InChI is InChI=1S/C10H14N2O3S/c1-7-5-11-10(12-6-7)9-8(16(13)14)3-2-4-15-9/h5-6,8-9H,2-4H2,1H3,(H,13,14)/t8-,9+/m1/s1. The number of nitrogens with zero attached hydrogens (tertiary/aromatic N) is 2. The normalized spacial score (nSPS) is 27.6. The van der Waals surface area contributed by atoms with Crippen LogP contribution in [-0.4, -0.2) is 30.6 Å². The lowest BCUT2D eigenvalue weighted by atomic mass is 10.1. The van der Waals surface area contributed by atoms with Gasteiger partial charge in [-0.25, -0.2) is 14.2 Å². The number of hydrogen-bond acceptors (Lipinski definition) is 4. The molecule has 0 aliphatic carbocycles. The van der Waals surface area contributed by atoms with Crippen LogP contribution in [0.2, 0.25) is 0 Å². The van der Waals surface area contributed by atoms with E-state index >= 15 is 0 Å². The maximum atomic E-state index is 11.2. The monoisotopic (exact) mass is 242 g/mol. The number of aryl methyl sites for hydroxylation is 1. The summed E-state index contributed by atoms with van der Waals surface area (Å²) in [7, 11) is 0. The van der Waals surface area contributed by atoms with Crippen molar-refractivity contribution in [3.05, 3.63) is 23.8 Å². The van der Waals surface area contributed by atoms with Crippen LogP contribution in [0.25, 0.3) is 0 Å². The molecule has 6 heteroatoms. The first-order valence-electron chi connectivity index (χ1n) is 5.18. The van der Waals surface area contributed by atoms with E-state index in [0.29, 0.717) is 18.9 Å². The van der Waals surface area contributed by atoms with E-state index in [2.05, 4.69) is 9.97 Å². The van der Waals surface area contributed by atoms with Gasteiger partial charge in [0.15, 0.2) is 16.9 Å². The molecular weight excluding hydrogens is 228 g/mol. The first-order valence-corrected chi connectivity index (χ1v) is 6.35. The molecule has 5 nitrogen and oxygen atoms in total. The molecule has 1 aliphatic heterocycles. The van der Waals surface area contributed by atoms with Crippen LogP contribution in [0, 0.1) is 6.92 Å². The smallest absolute Gasteiger partial charge is 0.159 e. The average Bonchev–Trinajstić information content (AvgIpc) is 2.30. The summed E-state index contributed by atoms with van der Waals surface area (Å²) in [6.45, 7) is 2.49. The predicted molar refractivity (Wildman–Crippen MR) is 59.3 cm³/mol. The molecule has 0 amide bonds. The van der Waals surface area contributed by atoms with E-state index in [-0.39, 0.29) is 0 Å². The molecule has 1 saturated heterocycles. The molecule has 0 radical (unpaired) electrons. The highest BCUT2D eigenvalue weighted by Crippen LogP contribution is 2.29. The highest BCUT2D eigenvalue weighted by Gasteiger charge is 2.33. The fourth-order valence-electron chi connectivity index (χ4n) is 1.75. The molecule has 1 aromatic rings. The van der Waals surface area contributed by atoms with Crippen LogP contribution < -0.4 is 0 Å². The summed E-state index contributed by atoms with van der Waals surface area (Å²) in [5.74, 6) is 0.498.